The van der Waals surface area contributed by atoms with Crippen LogP contribution in [0.1, 0.15) is 43.0 Å². The zero-order chi connectivity index (χ0) is 15.8. The molecule has 0 unspecified atom stereocenters. The van der Waals surface area contributed by atoms with Gasteiger partial charge in [0.05, 0.1) is 13.2 Å². The molecule has 1 aromatic carbocycles. The summed E-state index contributed by atoms with van der Waals surface area (Å²) in [5, 5.41) is 0. The van der Waals surface area contributed by atoms with Crippen molar-refractivity contribution < 1.29 is 14.3 Å². The summed E-state index contributed by atoms with van der Waals surface area (Å²) in [4.78, 5) is 14.6. The van der Waals surface area contributed by atoms with E-state index in [0.717, 1.165) is 13.0 Å². The molecular formula is C17H26N2O3. The van der Waals surface area contributed by atoms with Crippen molar-refractivity contribution >= 4 is 11.7 Å². The molecule has 0 amide bonds. The minimum atomic E-state index is -0.345. The van der Waals surface area contributed by atoms with Gasteiger partial charge in [-0.1, -0.05) is 6.42 Å². The minimum absolute atomic E-state index is 0.345. The highest BCUT2D eigenvalue weighted by molar-refractivity contribution is 5.93. The Morgan fingerprint density at radius 3 is 2.77 bits per heavy atom. The largest absolute Gasteiger partial charge is 0.493 e. The molecule has 0 bridgehead atoms. The van der Waals surface area contributed by atoms with Gasteiger partial charge in [0.25, 0.3) is 0 Å². The summed E-state index contributed by atoms with van der Waals surface area (Å²) >= 11 is 0. The fourth-order valence-corrected chi connectivity index (χ4v) is 2.70. The molecule has 2 rings (SSSR count). The second kappa shape index (κ2) is 8.63. The monoisotopic (exact) mass is 306 g/mol. The van der Waals surface area contributed by atoms with Crippen LogP contribution in [0.4, 0.5) is 5.69 Å². The van der Waals surface area contributed by atoms with Gasteiger partial charge in [-0.25, -0.2) is 4.79 Å². The first-order valence-electron chi connectivity index (χ1n) is 8.12. The molecule has 1 aromatic rings. The molecule has 0 atom stereocenters. The van der Waals surface area contributed by atoms with Gasteiger partial charge in [0.2, 0.25) is 0 Å². The van der Waals surface area contributed by atoms with Crippen LogP contribution in [0, 0.1) is 0 Å². The molecule has 22 heavy (non-hydrogen) atoms. The Morgan fingerprint density at radius 1 is 1.27 bits per heavy atom. The van der Waals surface area contributed by atoms with Crippen LogP contribution in [0.5, 0.6) is 5.75 Å². The molecule has 0 spiro atoms. The Labute approximate surface area is 132 Å². The average Bonchev–Trinajstić information content (AvgIpc) is 2.53. The maximum atomic E-state index is 12.1. The number of esters is 1. The van der Waals surface area contributed by atoms with Gasteiger partial charge in [-0.2, -0.15) is 0 Å². The molecule has 0 saturated carbocycles. The van der Waals surface area contributed by atoms with Crippen molar-refractivity contribution in [2.24, 2.45) is 0 Å². The average molecular weight is 306 g/mol. The number of rotatable bonds is 7. The third-order valence-corrected chi connectivity index (χ3v) is 3.83. The first-order chi connectivity index (χ1) is 10.7. The predicted molar refractivity (Wildman–Crippen MR) is 87.2 cm³/mol. The van der Waals surface area contributed by atoms with E-state index in [4.69, 9.17) is 15.2 Å². The van der Waals surface area contributed by atoms with E-state index in [9.17, 15) is 4.79 Å². The van der Waals surface area contributed by atoms with E-state index in [-0.39, 0.29) is 5.97 Å². The first kappa shape index (κ1) is 16.6. The van der Waals surface area contributed by atoms with Crippen LogP contribution < -0.4 is 10.5 Å². The number of benzene rings is 1. The number of anilines is 1. The summed E-state index contributed by atoms with van der Waals surface area (Å²) in [6.45, 7) is 6.12. The Hall–Kier alpha value is -1.75. The number of nitrogens with two attached hydrogens (primary N) is 1. The molecule has 5 nitrogen and oxygen atoms in total. The molecule has 0 aliphatic carbocycles. The van der Waals surface area contributed by atoms with Crippen LogP contribution in [-0.2, 0) is 4.74 Å². The van der Waals surface area contributed by atoms with Gasteiger partial charge in [0, 0.05) is 18.3 Å². The maximum Gasteiger partial charge on any atom is 0.341 e. The van der Waals surface area contributed by atoms with Crippen molar-refractivity contribution in [1.29, 1.82) is 0 Å². The van der Waals surface area contributed by atoms with E-state index < -0.39 is 0 Å². The summed E-state index contributed by atoms with van der Waals surface area (Å²) in [5.41, 5.74) is 6.74. The highest BCUT2D eigenvalue weighted by Gasteiger charge is 2.15. The van der Waals surface area contributed by atoms with Gasteiger partial charge in [-0.3, -0.25) is 0 Å². The van der Waals surface area contributed by atoms with Crippen molar-refractivity contribution in [2.75, 3.05) is 38.6 Å². The Morgan fingerprint density at radius 2 is 2.05 bits per heavy atom. The lowest BCUT2D eigenvalue weighted by molar-refractivity contribution is 0.0481. The number of ether oxygens (including phenoxy) is 2. The second-order valence-electron chi connectivity index (χ2n) is 5.58. The Balaban J connectivity index is 1.79. The van der Waals surface area contributed by atoms with Crippen LogP contribution in [0.2, 0.25) is 0 Å². The molecule has 1 saturated heterocycles. The number of likely N-dealkylation sites (tertiary alicyclic amines) is 1. The lowest BCUT2D eigenvalue weighted by Gasteiger charge is -2.26. The molecule has 0 aromatic heterocycles. The van der Waals surface area contributed by atoms with E-state index >= 15 is 0 Å². The van der Waals surface area contributed by atoms with E-state index in [2.05, 4.69) is 4.90 Å². The zero-order valence-electron chi connectivity index (χ0n) is 13.3. The van der Waals surface area contributed by atoms with Crippen molar-refractivity contribution in [2.45, 2.75) is 32.6 Å². The Kier molecular flexibility index (Phi) is 6.52. The number of carbonyl (C=O) groups is 1. The number of nitrogens with zero attached hydrogens (tertiary/aromatic N) is 1. The van der Waals surface area contributed by atoms with Crippen LogP contribution in [0.15, 0.2) is 18.2 Å². The van der Waals surface area contributed by atoms with Crippen LogP contribution >= 0.6 is 0 Å². The smallest absolute Gasteiger partial charge is 0.341 e. The Bertz CT molecular complexity index is 485. The third-order valence-electron chi connectivity index (χ3n) is 3.83. The fraction of sp³-hybridized carbons (Fsp3) is 0.588. The summed E-state index contributed by atoms with van der Waals surface area (Å²) < 4.78 is 10.8. The normalized spacial score (nSPS) is 15.5. The molecule has 1 aliphatic heterocycles. The quantitative estimate of drug-likeness (QED) is 0.477. The minimum Gasteiger partial charge on any atom is -0.493 e. The first-order valence-corrected chi connectivity index (χ1v) is 8.12. The van der Waals surface area contributed by atoms with E-state index in [0.29, 0.717) is 30.2 Å². The van der Waals surface area contributed by atoms with Crippen molar-refractivity contribution in [3.8, 4) is 5.75 Å². The molecule has 122 valence electrons. The highest BCUT2D eigenvalue weighted by atomic mass is 16.5. The zero-order valence-corrected chi connectivity index (χ0v) is 13.3. The number of carbonyl (C=O) groups excluding carboxylic acids is 1. The summed E-state index contributed by atoms with van der Waals surface area (Å²) in [7, 11) is 0. The van der Waals surface area contributed by atoms with E-state index in [1.807, 2.05) is 6.92 Å². The molecule has 5 heteroatoms. The van der Waals surface area contributed by atoms with Crippen molar-refractivity contribution in [3.63, 3.8) is 0 Å². The molecule has 1 aliphatic rings. The van der Waals surface area contributed by atoms with E-state index in [1.165, 1.54) is 32.4 Å². The van der Waals surface area contributed by atoms with Gasteiger partial charge in [0.1, 0.15) is 11.3 Å². The summed E-state index contributed by atoms with van der Waals surface area (Å²) in [6, 6.07) is 5.01. The number of hydrogen-bond donors (Lipinski definition) is 1. The lowest BCUT2D eigenvalue weighted by Crippen LogP contribution is -2.31. The topological polar surface area (TPSA) is 64.8 Å². The lowest BCUT2D eigenvalue weighted by atomic mass is 10.1. The second-order valence-corrected chi connectivity index (χ2v) is 5.58. The molecule has 1 fully saturated rings. The molecular weight excluding hydrogens is 280 g/mol. The molecule has 1 heterocycles. The number of piperidine rings is 1. The van der Waals surface area contributed by atoms with Gasteiger partial charge >= 0.3 is 5.97 Å². The van der Waals surface area contributed by atoms with Gasteiger partial charge in [-0.05, 0) is 51.4 Å². The number of hydrogen-bond acceptors (Lipinski definition) is 5. The SMILES string of the molecule is CCOc1cc(N)ccc1C(=O)OCCCN1CCCCC1. The van der Waals surface area contributed by atoms with Crippen molar-refractivity contribution in [1.82, 2.24) is 4.90 Å². The summed E-state index contributed by atoms with van der Waals surface area (Å²) in [5.74, 6) is 0.144. The van der Waals surface area contributed by atoms with Crippen LogP contribution in [-0.4, -0.2) is 43.7 Å². The van der Waals surface area contributed by atoms with E-state index in [1.54, 1.807) is 18.2 Å². The predicted octanol–water partition coefficient (Wildman–Crippen LogP) is 2.70. The fourth-order valence-electron chi connectivity index (χ4n) is 2.70. The standard InChI is InChI=1S/C17H26N2O3/c1-2-21-16-13-14(18)7-8-15(16)17(20)22-12-6-11-19-9-4-3-5-10-19/h7-8,13H,2-6,9-12,18H2,1H3. The molecule has 0 radical (unpaired) electrons. The number of nitrogen functional groups attached to an aromatic ring is 1. The van der Waals surface area contributed by atoms with Gasteiger partial charge in [-0.15, -0.1) is 0 Å². The van der Waals surface area contributed by atoms with Crippen LogP contribution in [0.3, 0.4) is 0 Å². The van der Waals surface area contributed by atoms with Gasteiger partial charge in [0.15, 0.2) is 0 Å². The van der Waals surface area contributed by atoms with Gasteiger partial charge < -0.3 is 20.1 Å². The van der Waals surface area contributed by atoms with Crippen LogP contribution in [0.25, 0.3) is 0 Å². The molecule has 2 N–H and O–H groups in total. The van der Waals surface area contributed by atoms with Crippen molar-refractivity contribution in [3.05, 3.63) is 23.8 Å². The highest BCUT2D eigenvalue weighted by Crippen LogP contribution is 2.22. The summed E-state index contributed by atoms with van der Waals surface area (Å²) in [6.07, 6.45) is 4.76. The maximum absolute atomic E-state index is 12.1. The third kappa shape index (κ3) is 4.91.